The summed E-state index contributed by atoms with van der Waals surface area (Å²) < 4.78 is 10.3. The van der Waals surface area contributed by atoms with E-state index in [0.29, 0.717) is 6.42 Å². The average Bonchev–Trinajstić information content (AvgIpc) is 2.92. The largest absolute Gasteiger partial charge is 0.469 e. The lowest BCUT2D eigenvalue weighted by atomic mass is 9.92. The zero-order chi connectivity index (χ0) is 18.2. The first-order valence-corrected chi connectivity index (χ1v) is 8.43. The lowest BCUT2D eigenvalue weighted by Gasteiger charge is -2.31. The van der Waals surface area contributed by atoms with Gasteiger partial charge in [-0.3, -0.25) is 14.9 Å². The second-order valence-corrected chi connectivity index (χ2v) is 7.35. The molecule has 2 N–H and O–H groups in total. The van der Waals surface area contributed by atoms with Crippen LogP contribution in [0.5, 0.6) is 0 Å². The van der Waals surface area contributed by atoms with Gasteiger partial charge in [-0.25, -0.2) is 0 Å². The van der Waals surface area contributed by atoms with Gasteiger partial charge in [0.1, 0.15) is 11.6 Å². The van der Waals surface area contributed by atoms with E-state index in [-0.39, 0.29) is 24.4 Å². The fourth-order valence-electron chi connectivity index (χ4n) is 3.26. The van der Waals surface area contributed by atoms with Crippen LogP contribution in [0.1, 0.15) is 44.5 Å². The van der Waals surface area contributed by atoms with Crippen molar-refractivity contribution in [1.82, 2.24) is 10.3 Å². The summed E-state index contributed by atoms with van der Waals surface area (Å²) in [7, 11) is 1.36. The molecule has 2 heterocycles. The maximum Gasteiger partial charge on any atom is 0.324 e. The number of methoxy groups -OCH3 is 1. The summed E-state index contributed by atoms with van der Waals surface area (Å²) in [6.45, 7) is 5.53. The van der Waals surface area contributed by atoms with Gasteiger partial charge in [0, 0.05) is 23.0 Å². The Kier molecular flexibility index (Phi) is 4.56. The average molecular weight is 344 g/mol. The molecule has 0 unspecified atom stereocenters. The van der Waals surface area contributed by atoms with Crippen molar-refractivity contribution < 1.29 is 19.1 Å². The van der Waals surface area contributed by atoms with E-state index in [2.05, 4.69) is 10.3 Å². The second-order valence-electron chi connectivity index (χ2n) is 7.35. The predicted octanol–water partition coefficient (Wildman–Crippen LogP) is 2.63. The van der Waals surface area contributed by atoms with Crippen LogP contribution in [0, 0.1) is 0 Å². The Hall–Kier alpha value is -2.34. The van der Waals surface area contributed by atoms with E-state index in [1.54, 1.807) is 0 Å². The molecule has 1 aliphatic heterocycles. The molecule has 6 heteroatoms. The van der Waals surface area contributed by atoms with E-state index < -0.39 is 11.6 Å². The molecule has 1 aliphatic rings. The highest BCUT2D eigenvalue weighted by Gasteiger charge is 2.36. The van der Waals surface area contributed by atoms with Gasteiger partial charge in [-0.05, 0) is 32.4 Å². The van der Waals surface area contributed by atoms with E-state index in [4.69, 9.17) is 9.47 Å². The number of benzene rings is 1. The highest BCUT2D eigenvalue weighted by Crippen LogP contribution is 2.34. The van der Waals surface area contributed by atoms with E-state index in [9.17, 15) is 9.59 Å². The first-order chi connectivity index (χ1) is 11.8. The molecule has 0 aliphatic carbocycles. The van der Waals surface area contributed by atoms with E-state index >= 15 is 0 Å². The Labute approximate surface area is 146 Å². The molecule has 0 fully saturated rings. The van der Waals surface area contributed by atoms with Crippen LogP contribution in [0.25, 0.3) is 10.9 Å². The number of carbonyl (C=O) groups excluding carboxylic acids is 2. The molecule has 0 bridgehead atoms. The SMILES string of the molecule is COC(=O)C[C@H]1N[C@H](C(=O)OC(C)(C)C)Cc2c1[nH]c1ccccc21. The van der Waals surface area contributed by atoms with Gasteiger partial charge in [0.25, 0.3) is 0 Å². The fourth-order valence-corrected chi connectivity index (χ4v) is 3.26. The van der Waals surface area contributed by atoms with Crippen molar-refractivity contribution in [2.24, 2.45) is 0 Å². The first kappa shape index (κ1) is 17.5. The summed E-state index contributed by atoms with van der Waals surface area (Å²) in [5, 5.41) is 4.32. The summed E-state index contributed by atoms with van der Waals surface area (Å²) >= 11 is 0. The van der Waals surface area contributed by atoms with Gasteiger partial charge >= 0.3 is 11.9 Å². The monoisotopic (exact) mass is 344 g/mol. The van der Waals surface area contributed by atoms with Crippen molar-refractivity contribution >= 4 is 22.8 Å². The van der Waals surface area contributed by atoms with Gasteiger partial charge in [0.2, 0.25) is 0 Å². The van der Waals surface area contributed by atoms with Crippen molar-refractivity contribution in [2.45, 2.75) is 51.3 Å². The highest BCUT2D eigenvalue weighted by molar-refractivity contribution is 5.87. The fraction of sp³-hybridized carbons (Fsp3) is 0.474. The molecule has 0 saturated carbocycles. The van der Waals surface area contributed by atoms with E-state index in [1.807, 2.05) is 45.0 Å². The van der Waals surface area contributed by atoms with Crippen LogP contribution in [-0.4, -0.2) is 35.7 Å². The summed E-state index contributed by atoms with van der Waals surface area (Å²) in [4.78, 5) is 27.8. The third kappa shape index (κ3) is 3.69. The van der Waals surface area contributed by atoms with Crippen LogP contribution in [-0.2, 0) is 25.5 Å². The van der Waals surface area contributed by atoms with Gasteiger partial charge in [-0.2, -0.15) is 0 Å². The summed E-state index contributed by atoms with van der Waals surface area (Å²) in [6, 6.07) is 7.12. The number of ether oxygens (including phenoxy) is 2. The van der Waals surface area contributed by atoms with Gasteiger partial charge < -0.3 is 14.5 Å². The molecule has 2 atom stereocenters. The topological polar surface area (TPSA) is 80.4 Å². The van der Waals surface area contributed by atoms with Crippen LogP contribution >= 0.6 is 0 Å². The lowest BCUT2D eigenvalue weighted by molar-refractivity contribution is -0.158. The molecule has 0 radical (unpaired) electrons. The summed E-state index contributed by atoms with van der Waals surface area (Å²) in [6.07, 6.45) is 0.668. The molecular formula is C19H24N2O4. The molecule has 0 saturated heterocycles. The van der Waals surface area contributed by atoms with Crippen LogP contribution in [0.3, 0.4) is 0 Å². The predicted molar refractivity (Wildman–Crippen MR) is 94.1 cm³/mol. The third-order valence-corrected chi connectivity index (χ3v) is 4.30. The van der Waals surface area contributed by atoms with Crippen molar-refractivity contribution in [3.05, 3.63) is 35.5 Å². The molecule has 3 rings (SSSR count). The maximum absolute atomic E-state index is 12.6. The third-order valence-electron chi connectivity index (χ3n) is 4.30. The molecule has 134 valence electrons. The number of nitrogens with one attached hydrogen (secondary N) is 2. The molecule has 0 spiro atoms. The van der Waals surface area contributed by atoms with Crippen molar-refractivity contribution in [3.8, 4) is 0 Å². The summed E-state index contributed by atoms with van der Waals surface area (Å²) in [5.74, 6) is -0.634. The first-order valence-electron chi connectivity index (χ1n) is 8.43. The smallest absolute Gasteiger partial charge is 0.324 e. The number of hydrogen-bond donors (Lipinski definition) is 2. The highest BCUT2D eigenvalue weighted by atomic mass is 16.6. The Balaban J connectivity index is 1.96. The lowest BCUT2D eigenvalue weighted by Crippen LogP contribution is -2.47. The molecule has 2 aromatic rings. The maximum atomic E-state index is 12.6. The molecular weight excluding hydrogens is 320 g/mol. The normalized spacial score (nSPS) is 20.2. The van der Waals surface area contributed by atoms with Crippen LogP contribution in [0.15, 0.2) is 24.3 Å². The van der Waals surface area contributed by atoms with Crippen LogP contribution in [0.2, 0.25) is 0 Å². The Bertz CT molecular complexity index is 803. The molecule has 25 heavy (non-hydrogen) atoms. The number of esters is 2. The van der Waals surface area contributed by atoms with E-state index in [0.717, 1.165) is 22.2 Å². The summed E-state index contributed by atoms with van der Waals surface area (Å²) in [5.41, 5.74) is 2.43. The van der Waals surface area contributed by atoms with Gasteiger partial charge in [-0.15, -0.1) is 0 Å². The molecule has 1 aromatic carbocycles. The van der Waals surface area contributed by atoms with Crippen molar-refractivity contribution in [3.63, 3.8) is 0 Å². The van der Waals surface area contributed by atoms with E-state index in [1.165, 1.54) is 7.11 Å². The standard InChI is InChI=1S/C19H24N2O4/c1-19(2,3)25-18(23)15-9-12-11-7-5-6-8-13(11)21-17(12)14(20-15)10-16(22)24-4/h5-8,14-15,20-21H,9-10H2,1-4H3/t14-,15+/m1/s1. The number of aromatic nitrogens is 1. The number of carbonyl (C=O) groups is 2. The number of para-hydroxylation sites is 1. The van der Waals surface area contributed by atoms with Crippen molar-refractivity contribution in [1.29, 1.82) is 0 Å². The van der Waals surface area contributed by atoms with Crippen molar-refractivity contribution in [2.75, 3.05) is 7.11 Å². The minimum Gasteiger partial charge on any atom is -0.469 e. The zero-order valence-corrected chi connectivity index (χ0v) is 15.0. The number of H-pyrrole nitrogens is 1. The molecule has 1 aromatic heterocycles. The Morgan fingerprint density at radius 2 is 1.96 bits per heavy atom. The number of fused-ring (bicyclic) bond motifs is 3. The second kappa shape index (κ2) is 6.52. The van der Waals surface area contributed by atoms with Gasteiger partial charge in [0.05, 0.1) is 19.6 Å². The minimum atomic E-state index is -0.558. The Morgan fingerprint density at radius 3 is 2.64 bits per heavy atom. The number of hydrogen-bond acceptors (Lipinski definition) is 5. The number of rotatable bonds is 3. The van der Waals surface area contributed by atoms with Crippen LogP contribution in [0.4, 0.5) is 0 Å². The quantitative estimate of drug-likeness (QED) is 0.837. The Morgan fingerprint density at radius 1 is 1.24 bits per heavy atom. The van der Waals surface area contributed by atoms with Gasteiger partial charge in [0.15, 0.2) is 0 Å². The minimum absolute atomic E-state index is 0.148. The molecule has 6 nitrogen and oxygen atoms in total. The molecule has 0 amide bonds. The van der Waals surface area contributed by atoms with Crippen LogP contribution < -0.4 is 5.32 Å². The number of aromatic amines is 1. The zero-order valence-electron chi connectivity index (χ0n) is 15.0. The van der Waals surface area contributed by atoms with Gasteiger partial charge in [-0.1, -0.05) is 18.2 Å².